The van der Waals surface area contributed by atoms with Crippen LogP contribution in [0, 0.1) is 0 Å². The average Bonchev–Trinajstić information content (AvgIpc) is 3.27. The molecular weight excluding hydrogens is 508 g/mol. The van der Waals surface area contributed by atoms with E-state index < -0.39 is 20.0 Å². The fourth-order valence-corrected chi connectivity index (χ4v) is 8.40. The van der Waals surface area contributed by atoms with Gasteiger partial charge < -0.3 is 4.98 Å². The number of hydrogen-bond donors (Lipinski definition) is 1. The van der Waals surface area contributed by atoms with E-state index in [4.69, 9.17) is 11.6 Å². The molecule has 0 radical (unpaired) electrons. The lowest BCUT2D eigenvalue weighted by atomic mass is 9.97. The van der Waals surface area contributed by atoms with Gasteiger partial charge in [-0.3, -0.25) is 0 Å². The zero-order chi connectivity index (χ0) is 24.8. The zero-order valence-electron chi connectivity index (χ0n) is 19.5. The molecule has 0 bridgehead atoms. The van der Waals surface area contributed by atoms with Crippen LogP contribution in [0.5, 0.6) is 0 Å². The Morgan fingerprint density at radius 1 is 0.886 bits per heavy atom. The van der Waals surface area contributed by atoms with Crippen LogP contribution in [0.3, 0.4) is 0 Å². The molecular formula is C24H29ClN4O4S2. The number of piperidine rings is 2. The first-order valence-corrected chi connectivity index (χ1v) is 15.2. The van der Waals surface area contributed by atoms with Crippen molar-refractivity contribution < 1.29 is 16.8 Å². The van der Waals surface area contributed by atoms with Gasteiger partial charge in [0.2, 0.25) is 20.0 Å². The van der Waals surface area contributed by atoms with Crippen LogP contribution in [-0.4, -0.2) is 61.1 Å². The first-order valence-electron chi connectivity index (χ1n) is 11.9. The van der Waals surface area contributed by atoms with Crippen molar-refractivity contribution in [1.29, 1.82) is 0 Å². The summed E-state index contributed by atoms with van der Waals surface area (Å²) in [6.45, 7) is 3.16. The summed E-state index contributed by atoms with van der Waals surface area (Å²) in [6.07, 6.45) is 3.99. The van der Waals surface area contributed by atoms with E-state index in [-0.39, 0.29) is 21.8 Å². The monoisotopic (exact) mass is 536 g/mol. The molecule has 1 aromatic heterocycles. The fraction of sp³-hybridized carbons (Fsp3) is 0.458. The van der Waals surface area contributed by atoms with E-state index in [1.165, 1.54) is 32.9 Å². The van der Waals surface area contributed by atoms with Crippen molar-refractivity contribution in [2.24, 2.45) is 0 Å². The molecule has 3 heterocycles. The number of imidazole rings is 1. The SMILES string of the molecule is C[C@H]1CCCCN1S(=O)(=O)c1ccc(S(=O)(=O)N2CCC(c3nc4ccc(Cl)cc4[nH]3)CC2)cc1. The van der Waals surface area contributed by atoms with E-state index in [0.717, 1.165) is 36.1 Å². The highest BCUT2D eigenvalue weighted by Crippen LogP contribution is 2.32. The number of nitrogens with zero attached hydrogens (tertiary/aromatic N) is 3. The average molecular weight is 537 g/mol. The van der Waals surface area contributed by atoms with Crippen molar-refractivity contribution in [3.8, 4) is 0 Å². The lowest BCUT2D eigenvalue weighted by Gasteiger charge is -2.32. The molecule has 188 valence electrons. The number of hydrogen-bond acceptors (Lipinski definition) is 5. The van der Waals surface area contributed by atoms with Gasteiger partial charge in [0.05, 0.1) is 20.8 Å². The van der Waals surface area contributed by atoms with E-state index in [9.17, 15) is 16.8 Å². The molecule has 0 aliphatic carbocycles. The Kier molecular flexibility index (Phi) is 6.69. The molecule has 2 aromatic carbocycles. The minimum Gasteiger partial charge on any atom is -0.342 e. The molecule has 0 saturated carbocycles. The van der Waals surface area contributed by atoms with Gasteiger partial charge in [0, 0.05) is 36.6 Å². The number of fused-ring (bicyclic) bond motifs is 1. The fourth-order valence-electron chi connectivity index (χ4n) is 5.06. The van der Waals surface area contributed by atoms with Crippen LogP contribution in [0.4, 0.5) is 0 Å². The van der Waals surface area contributed by atoms with Gasteiger partial charge in [0.25, 0.3) is 0 Å². The highest BCUT2D eigenvalue weighted by Gasteiger charge is 2.33. The Balaban J connectivity index is 1.28. The number of nitrogens with one attached hydrogen (secondary N) is 1. The molecule has 8 nitrogen and oxygen atoms in total. The van der Waals surface area contributed by atoms with Crippen LogP contribution in [0.2, 0.25) is 5.02 Å². The number of H-pyrrole nitrogens is 1. The van der Waals surface area contributed by atoms with E-state index in [2.05, 4.69) is 9.97 Å². The highest BCUT2D eigenvalue weighted by atomic mass is 35.5. The van der Waals surface area contributed by atoms with Crippen molar-refractivity contribution >= 4 is 42.7 Å². The summed E-state index contributed by atoms with van der Waals surface area (Å²) in [6, 6.07) is 11.1. The predicted octanol–water partition coefficient (Wildman–Crippen LogP) is 4.35. The molecule has 1 atom stereocenters. The smallest absolute Gasteiger partial charge is 0.243 e. The van der Waals surface area contributed by atoms with Gasteiger partial charge in [0.15, 0.2) is 0 Å². The molecule has 5 rings (SSSR count). The highest BCUT2D eigenvalue weighted by molar-refractivity contribution is 7.89. The molecule has 2 fully saturated rings. The van der Waals surface area contributed by atoms with Gasteiger partial charge >= 0.3 is 0 Å². The van der Waals surface area contributed by atoms with Crippen molar-refractivity contribution in [2.75, 3.05) is 19.6 Å². The number of rotatable bonds is 5. The predicted molar refractivity (Wildman–Crippen MR) is 135 cm³/mol. The Morgan fingerprint density at radius 2 is 1.54 bits per heavy atom. The molecule has 35 heavy (non-hydrogen) atoms. The molecule has 0 amide bonds. The summed E-state index contributed by atoms with van der Waals surface area (Å²) in [7, 11) is -7.36. The number of halogens is 1. The van der Waals surface area contributed by atoms with E-state index >= 15 is 0 Å². The summed E-state index contributed by atoms with van der Waals surface area (Å²) < 4.78 is 55.6. The second kappa shape index (κ2) is 9.48. The van der Waals surface area contributed by atoms with Gasteiger partial charge in [-0.25, -0.2) is 21.8 Å². The normalized spacial score (nSPS) is 21.5. The summed E-state index contributed by atoms with van der Waals surface area (Å²) in [5.74, 6) is 0.979. The first-order chi connectivity index (χ1) is 16.7. The molecule has 0 spiro atoms. The molecule has 1 N–H and O–H groups in total. The maximum absolute atomic E-state index is 13.3. The largest absolute Gasteiger partial charge is 0.342 e. The van der Waals surface area contributed by atoms with Crippen molar-refractivity contribution in [3.05, 3.63) is 53.3 Å². The number of aromatic nitrogens is 2. The van der Waals surface area contributed by atoms with Gasteiger partial charge in [-0.1, -0.05) is 18.0 Å². The number of sulfonamides is 2. The third-order valence-electron chi connectivity index (χ3n) is 7.11. The zero-order valence-corrected chi connectivity index (χ0v) is 21.9. The molecule has 3 aromatic rings. The number of benzene rings is 2. The third-order valence-corrected chi connectivity index (χ3v) is 11.3. The Bertz CT molecular complexity index is 1430. The second-order valence-corrected chi connectivity index (χ2v) is 13.7. The van der Waals surface area contributed by atoms with Crippen molar-refractivity contribution in [2.45, 2.75) is 60.8 Å². The topological polar surface area (TPSA) is 103 Å². The second-order valence-electron chi connectivity index (χ2n) is 9.39. The minimum absolute atomic E-state index is 0.0535. The maximum Gasteiger partial charge on any atom is 0.243 e. The molecule has 2 saturated heterocycles. The summed E-state index contributed by atoms with van der Waals surface area (Å²) >= 11 is 6.06. The van der Waals surface area contributed by atoms with E-state index in [0.29, 0.717) is 37.5 Å². The lowest BCUT2D eigenvalue weighted by Crippen LogP contribution is -2.41. The molecule has 0 unspecified atom stereocenters. The van der Waals surface area contributed by atoms with Crippen LogP contribution < -0.4 is 0 Å². The van der Waals surface area contributed by atoms with E-state index in [1.54, 1.807) is 6.07 Å². The van der Waals surface area contributed by atoms with Gasteiger partial charge in [0.1, 0.15) is 5.82 Å². The Labute approximate surface area is 211 Å². The van der Waals surface area contributed by atoms with Crippen molar-refractivity contribution in [1.82, 2.24) is 18.6 Å². The maximum atomic E-state index is 13.3. The van der Waals surface area contributed by atoms with E-state index in [1.807, 2.05) is 19.1 Å². The van der Waals surface area contributed by atoms with Gasteiger partial charge in [-0.2, -0.15) is 8.61 Å². The van der Waals surface area contributed by atoms with Gasteiger partial charge in [-0.15, -0.1) is 0 Å². The standard InChI is InChI=1S/C24H29ClN4O4S2/c1-17-4-2-3-13-29(17)35(32,33)21-8-6-20(7-9-21)34(30,31)28-14-11-18(12-15-28)24-26-22-10-5-19(25)16-23(22)27-24/h5-10,16-18H,2-4,11-15H2,1H3,(H,26,27)/t17-/m0/s1. The third kappa shape index (κ3) is 4.74. The molecule has 2 aliphatic rings. The van der Waals surface area contributed by atoms with Crippen molar-refractivity contribution in [3.63, 3.8) is 0 Å². The lowest BCUT2D eigenvalue weighted by molar-refractivity contribution is 0.268. The Hall–Kier alpha value is -1.98. The Morgan fingerprint density at radius 3 is 2.20 bits per heavy atom. The summed E-state index contributed by atoms with van der Waals surface area (Å²) in [5.41, 5.74) is 1.71. The number of aromatic amines is 1. The first kappa shape index (κ1) is 24.7. The minimum atomic E-state index is -3.72. The van der Waals surface area contributed by atoms with Crippen LogP contribution in [0.1, 0.15) is 50.8 Å². The van der Waals surface area contributed by atoms with Crippen LogP contribution in [0.15, 0.2) is 52.3 Å². The van der Waals surface area contributed by atoms with Crippen LogP contribution in [-0.2, 0) is 20.0 Å². The van der Waals surface area contributed by atoms with Gasteiger partial charge in [-0.05, 0) is 75.1 Å². The molecule has 2 aliphatic heterocycles. The molecule has 11 heteroatoms. The quantitative estimate of drug-likeness (QED) is 0.522. The summed E-state index contributed by atoms with van der Waals surface area (Å²) in [5, 5.41) is 0.637. The summed E-state index contributed by atoms with van der Waals surface area (Å²) in [4.78, 5) is 8.22. The van der Waals surface area contributed by atoms with Crippen LogP contribution >= 0.6 is 11.6 Å². The van der Waals surface area contributed by atoms with Crippen LogP contribution in [0.25, 0.3) is 11.0 Å².